The SMILES string of the molecule is CCc1cc(C(=O)O)cc(OC(C)CC)n1. The molecule has 1 atom stereocenters. The molecule has 0 radical (unpaired) electrons. The first kappa shape index (κ1) is 12.5. The van der Waals surface area contributed by atoms with Gasteiger partial charge in [0.15, 0.2) is 0 Å². The maximum Gasteiger partial charge on any atom is 0.335 e. The molecule has 0 aliphatic heterocycles. The molecule has 0 saturated carbocycles. The van der Waals surface area contributed by atoms with Gasteiger partial charge in [0.05, 0.1) is 11.7 Å². The molecule has 0 saturated heterocycles. The van der Waals surface area contributed by atoms with E-state index in [1.165, 1.54) is 6.07 Å². The van der Waals surface area contributed by atoms with E-state index < -0.39 is 5.97 Å². The fourth-order valence-electron chi connectivity index (χ4n) is 1.21. The third-order valence-corrected chi connectivity index (χ3v) is 2.36. The molecule has 0 aliphatic carbocycles. The second-order valence-corrected chi connectivity index (χ2v) is 3.68. The number of ether oxygens (including phenoxy) is 1. The molecule has 0 amide bonds. The molecule has 1 heterocycles. The minimum atomic E-state index is -0.953. The normalized spacial score (nSPS) is 12.2. The fraction of sp³-hybridized carbons (Fsp3) is 0.500. The number of hydrogen-bond donors (Lipinski definition) is 1. The molecule has 1 unspecified atom stereocenters. The molecular formula is C12H17NO3. The Morgan fingerprint density at radius 3 is 2.69 bits per heavy atom. The van der Waals surface area contributed by atoms with Gasteiger partial charge in [0, 0.05) is 11.8 Å². The Balaban J connectivity index is 2.99. The predicted octanol–water partition coefficient (Wildman–Crippen LogP) is 2.52. The summed E-state index contributed by atoms with van der Waals surface area (Å²) in [6.07, 6.45) is 1.60. The summed E-state index contributed by atoms with van der Waals surface area (Å²) in [5.41, 5.74) is 0.961. The summed E-state index contributed by atoms with van der Waals surface area (Å²) in [6, 6.07) is 3.04. The van der Waals surface area contributed by atoms with Gasteiger partial charge in [-0.1, -0.05) is 13.8 Å². The molecular weight excluding hydrogens is 206 g/mol. The molecule has 0 spiro atoms. The van der Waals surface area contributed by atoms with E-state index in [-0.39, 0.29) is 11.7 Å². The van der Waals surface area contributed by atoms with Crippen LogP contribution in [0, 0.1) is 0 Å². The summed E-state index contributed by atoms with van der Waals surface area (Å²) in [4.78, 5) is 15.1. The molecule has 88 valence electrons. The highest BCUT2D eigenvalue weighted by Crippen LogP contribution is 2.15. The van der Waals surface area contributed by atoms with Crippen LogP contribution < -0.4 is 4.74 Å². The molecule has 16 heavy (non-hydrogen) atoms. The molecule has 1 N–H and O–H groups in total. The molecule has 0 bridgehead atoms. The number of aromatic carboxylic acids is 1. The zero-order valence-corrected chi connectivity index (χ0v) is 9.86. The van der Waals surface area contributed by atoms with Gasteiger partial charge in [0.2, 0.25) is 5.88 Å². The van der Waals surface area contributed by atoms with Crippen molar-refractivity contribution in [2.24, 2.45) is 0 Å². The standard InChI is InChI=1S/C12H17NO3/c1-4-8(3)16-11-7-9(12(14)15)6-10(5-2)13-11/h6-8H,4-5H2,1-3H3,(H,14,15). The first-order valence-electron chi connectivity index (χ1n) is 5.47. The number of aryl methyl sites for hydroxylation is 1. The van der Waals surface area contributed by atoms with Crippen LogP contribution in [-0.2, 0) is 6.42 Å². The van der Waals surface area contributed by atoms with Crippen LogP contribution in [0.1, 0.15) is 43.2 Å². The average molecular weight is 223 g/mol. The number of aromatic nitrogens is 1. The number of rotatable bonds is 5. The summed E-state index contributed by atoms with van der Waals surface area (Å²) in [6.45, 7) is 5.87. The number of carbonyl (C=O) groups is 1. The minimum Gasteiger partial charge on any atom is -0.478 e. The topological polar surface area (TPSA) is 59.4 Å². The lowest BCUT2D eigenvalue weighted by atomic mass is 10.2. The first-order chi connectivity index (χ1) is 7.56. The van der Waals surface area contributed by atoms with Gasteiger partial charge in [0.1, 0.15) is 0 Å². The van der Waals surface area contributed by atoms with Crippen LogP contribution in [0.2, 0.25) is 0 Å². The Morgan fingerprint density at radius 2 is 2.19 bits per heavy atom. The lowest BCUT2D eigenvalue weighted by molar-refractivity contribution is 0.0695. The van der Waals surface area contributed by atoms with Crippen LogP contribution in [0.5, 0.6) is 5.88 Å². The number of hydrogen-bond acceptors (Lipinski definition) is 3. The van der Waals surface area contributed by atoms with Crippen molar-refractivity contribution in [1.29, 1.82) is 0 Å². The maximum atomic E-state index is 10.9. The molecule has 0 aliphatic rings. The van der Waals surface area contributed by atoms with Gasteiger partial charge in [-0.05, 0) is 25.8 Å². The summed E-state index contributed by atoms with van der Waals surface area (Å²) >= 11 is 0. The third kappa shape index (κ3) is 3.22. The zero-order chi connectivity index (χ0) is 12.1. The zero-order valence-electron chi connectivity index (χ0n) is 9.86. The van der Waals surface area contributed by atoms with Crippen molar-refractivity contribution in [2.75, 3.05) is 0 Å². The van der Waals surface area contributed by atoms with Crippen LogP contribution in [0.25, 0.3) is 0 Å². The molecule has 1 aromatic rings. The maximum absolute atomic E-state index is 10.9. The van der Waals surface area contributed by atoms with Gasteiger partial charge in [-0.25, -0.2) is 9.78 Å². The van der Waals surface area contributed by atoms with Gasteiger partial charge < -0.3 is 9.84 Å². The van der Waals surface area contributed by atoms with Crippen molar-refractivity contribution in [3.63, 3.8) is 0 Å². The van der Waals surface area contributed by atoms with Crippen molar-refractivity contribution in [3.05, 3.63) is 23.4 Å². The van der Waals surface area contributed by atoms with E-state index >= 15 is 0 Å². The quantitative estimate of drug-likeness (QED) is 0.833. The highest BCUT2D eigenvalue weighted by atomic mass is 16.5. The van der Waals surface area contributed by atoms with Crippen molar-refractivity contribution < 1.29 is 14.6 Å². The molecule has 1 rings (SSSR count). The summed E-state index contributed by atoms with van der Waals surface area (Å²) in [7, 11) is 0. The van der Waals surface area contributed by atoms with Crippen LogP contribution in [-0.4, -0.2) is 22.2 Å². The smallest absolute Gasteiger partial charge is 0.335 e. The van der Waals surface area contributed by atoms with E-state index in [1.54, 1.807) is 6.07 Å². The van der Waals surface area contributed by atoms with E-state index in [2.05, 4.69) is 4.98 Å². The summed E-state index contributed by atoms with van der Waals surface area (Å²) in [5, 5.41) is 8.94. The van der Waals surface area contributed by atoms with E-state index in [0.29, 0.717) is 12.3 Å². The molecule has 4 heteroatoms. The van der Waals surface area contributed by atoms with Gasteiger partial charge in [-0.2, -0.15) is 0 Å². The molecule has 1 aromatic heterocycles. The van der Waals surface area contributed by atoms with E-state index in [9.17, 15) is 4.79 Å². The number of pyridine rings is 1. The van der Waals surface area contributed by atoms with Crippen LogP contribution in [0.3, 0.4) is 0 Å². The largest absolute Gasteiger partial charge is 0.478 e. The average Bonchev–Trinajstić information content (AvgIpc) is 2.28. The molecule has 0 fully saturated rings. The fourth-order valence-corrected chi connectivity index (χ4v) is 1.21. The van der Waals surface area contributed by atoms with Gasteiger partial charge >= 0.3 is 5.97 Å². The Bertz CT molecular complexity index is 377. The third-order valence-electron chi connectivity index (χ3n) is 2.36. The number of carboxylic acids is 1. The van der Waals surface area contributed by atoms with Crippen LogP contribution in [0.4, 0.5) is 0 Å². The van der Waals surface area contributed by atoms with Crippen molar-refractivity contribution in [2.45, 2.75) is 39.7 Å². The Kier molecular flexibility index (Phi) is 4.28. The monoisotopic (exact) mass is 223 g/mol. The molecule has 0 aromatic carbocycles. The highest BCUT2D eigenvalue weighted by Gasteiger charge is 2.10. The summed E-state index contributed by atoms with van der Waals surface area (Å²) < 4.78 is 5.52. The lowest BCUT2D eigenvalue weighted by Crippen LogP contribution is -2.12. The first-order valence-corrected chi connectivity index (χ1v) is 5.47. The van der Waals surface area contributed by atoms with Crippen molar-refractivity contribution in [3.8, 4) is 5.88 Å². The number of nitrogens with zero attached hydrogens (tertiary/aromatic N) is 1. The highest BCUT2D eigenvalue weighted by molar-refractivity contribution is 5.88. The second-order valence-electron chi connectivity index (χ2n) is 3.68. The minimum absolute atomic E-state index is 0.0428. The Morgan fingerprint density at radius 1 is 1.50 bits per heavy atom. The van der Waals surface area contributed by atoms with E-state index in [4.69, 9.17) is 9.84 Å². The van der Waals surface area contributed by atoms with E-state index in [1.807, 2.05) is 20.8 Å². The van der Waals surface area contributed by atoms with Crippen LogP contribution in [0.15, 0.2) is 12.1 Å². The number of carboxylic acid groups (broad SMARTS) is 1. The predicted molar refractivity (Wildman–Crippen MR) is 61.0 cm³/mol. The van der Waals surface area contributed by atoms with Crippen molar-refractivity contribution >= 4 is 5.97 Å². The van der Waals surface area contributed by atoms with Crippen LogP contribution >= 0.6 is 0 Å². The van der Waals surface area contributed by atoms with Gasteiger partial charge in [-0.3, -0.25) is 0 Å². The van der Waals surface area contributed by atoms with Gasteiger partial charge in [0.25, 0.3) is 0 Å². The Labute approximate surface area is 95.3 Å². The second kappa shape index (κ2) is 5.49. The van der Waals surface area contributed by atoms with E-state index in [0.717, 1.165) is 12.1 Å². The lowest BCUT2D eigenvalue weighted by Gasteiger charge is -2.12. The summed E-state index contributed by atoms with van der Waals surface area (Å²) in [5.74, 6) is -0.558. The molecule has 4 nitrogen and oxygen atoms in total. The van der Waals surface area contributed by atoms with Gasteiger partial charge in [-0.15, -0.1) is 0 Å². The van der Waals surface area contributed by atoms with Crippen molar-refractivity contribution in [1.82, 2.24) is 4.98 Å². The Hall–Kier alpha value is -1.58.